The summed E-state index contributed by atoms with van der Waals surface area (Å²) in [6.45, 7) is 11.2. The summed E-state index contributed by atoms with van der Waals surface area (Å²) in [6, 6.07) is 0. The Morgan fingerprint density at radius 3 is 2.53 bits per heavy atom. The van der Waals surface area contributed by atoms with Crippen LogP contribution in [-0.2, 0) is 9.53 Å². The van der Waals surface area contributed by atoms with Crippen molar-refractivity contribution in [2.24, 2.45) is 5.92 Å². The molecule has 0 aromatic carbocycles. The van der Waals surface area contributed by atoms with E-state index >= 15 is 0 Å². The van der Waals surface area contributed by atoms with Crippen LogP contribution < -0.4 is 5.32 Å². The molecule has 1 atom stereocenters. The molecule has 112 valence electrons. The van der Waals surface area contributed by atoms with Crippen LogP contribution >= 0.6 is 0 Å². The first-order valence-corrected chi connectivity index (χ1v) is 7.43. The monoisotopic (exact) mass is 271 g/mol. The predicted molar refractivity (Wildman–Crippen MR) is 77.2 cm³/mol. The van der Waals surface area contributed by atoms with E-state index < -0.39 is 0 Å². The fourth-order valence-corrected chi connectivity index (χ4v) is 2.46. The summed E-state index contributed by atoms with van der Waals surface area (Å²) < 4.78 is 5.12. The topological polar surface area (TPSA) is 44.8 Å². The lowest BCUT2D eigenvalue weighted by Gasteiger charge is -2.28. The minimum atomic E-state index is 0.161. The third-order valence-electron chi connectivity index (χ3n) is 3.87. The van der Waals surface area contributed by atoms with E-state index in [4.69, 9.17) is 4.74 Å². The molecule has 19 heavy (non-hydrogen) atoms. The van der Waals surface area contributed by atoms with Gasteiger partial charge in [-0.3, -0.25) is 4.79 Å². The molecule has 1 saturated heterocycles. The molecule has 0 aromatic heterocycles. The van der Waals surface area contributed by atoms with E-state index in [1.165, 1.54) is 0 Å². The van der Waals surface area contributed by atoms with Crippen molar-refractivity contribution in [1.29, 1.82) is 0 Å². The first kappa shape index (κ1) is 16.4. The van der Waals surface area contributed by atoms with Crippen molar-refractivity contribution in [1.82, 2.24) is 15.1 Å². The summed E-state index contributed by atoms with van der Waals surface area (Å²) in [5.41, 5.74) is 0. The zero-order chi connectivity index (χ0) is 14.1. The maximum atomic E-state index is 12.5. The van der Waals surface area contributed by atoms with Gasteiger partial charge >= 0.3 is 0 Å². The zero-order valence-corrected chi connectivity index (χ0v) is 12.7. The zero-order valence-electron chi connectivity index (χ0n) is 12.7. The highest BCUT2D eigenvalue weighted by Gasteiger charge is 2.26. The van der Waals surface area contributed by atoms with Crippen LogP contribution in [0.15, 0.2) is 0 Å². The summed E-state index contributed by atoms with van der Waals surface area (Å²) in [4.78, 5) is 16.8. The van der Waals surface area contributed by atoms with Gasteiger partial charge in [0, 0.05) is 33.3 Å². The van der Waals surface area contributed by atoms with Gasteiger partial charge in [0.05, 0.1) is 12.5 Å². The Kier molecular flexibility index (Phi) is 8.02. The molecule has 0 radical (unpaired) electrons. The molecule has 5 nitrogen and oxygen atoms in total. The summed E-state index contributed by atoms with van der Waals surface area (Å²) in [5, 5.41) is 3.26. The van der Waals surface area contributed by atoms with Crippen molar-refractivity contribution in [3.8, 4) is 0 Å². The van der Waals surface area contributed by atoms with Gasteiger partial charge in [0.1, 0.15) is 0 Å². The van der Waals surface area contributed by atoms with Crippen LogP contribution in [0, 0.1) is 5.92 Å². The van der Waals surface area contributed by atoms with Crippen molar-refractivity contribution in [3.05, 3.63) is 0 Å². The molecule has 0 saturated carbocycles. The fourth-order valence-electron chi connectivity index (χ4n) is 2.46. The van der Waals surface area contributed by atoms with Gasteiger partial charge in [-0.1, -0.05) is 13.8 Å². The second-order valence-electron chi connectivity index (χ2n) is 5.03. The molecule has 1 fully saturated rings. The molecule has 1 rings (SSSR count). The molecule has 0 bridgehead atoms. The average Bonchev–Trinajstić information content (AvgIpc) is 2.96. The molecule has 1 unspecified atom stereocenters. The van der Waals surface area contributed by atoms with Gasteiger partial charge in [0.2, 0.25) is 5.91 Å². The van der Waals surface area contributed by atoms with Gasteiger partial charge in [0.25, 0.3) is 0 Å². The summed E-state index contributed by atoms with van der Waals surface area (Å²) >= 11 is 0. The molecule has 5 heteroatoms. The van der Waals surface area contributed by atoms with E-state index in [0.717, 1.165) is 45.7 Å². The van der Waals surface area contributed by atoms with Crippen LogP contribution in [0.4, 0.5) is 0 Å². The van der Waals surface area contributed by atoms with Gasteiger partial charge in [0.15, 0.2) is 0 Å². The molecular formula is C14H29N3O2. The number of amides is 1. The highest BCUT2D eigenvalue weighted by molar-refractivity contribution is 5.79. The molecule has 1 aliphatic heterocycles. The van der Waals surface area contributed by atoms with Crippen LogP contribution in [0.5, 0.6) is 0 Å². The van der Waals surface area contributed by atoms with Crippen LogP contribution in [0.25, 0.3) is 0 Å². The van der Waals surface area contributed by atoms with Crippen molar-refractivity contribution in [2.75, 3.05) is 59.5 Å². The first-order valence-electron chi connectivity index (χ1n) is 7.43. The Hall–Kier alpha value is -0.650. The second-order valence-corrected chi connectivity index (χ2v) is 5.03. The number of nitrogens with zero attached hydrogens (tertiary/aromatic N) is 2. The predicted octanol–water partition coefficient (Wildman–Crippen LogP) is 0.413. The lowest BCUT2D eigenvalue weighted by Crippen LogP contribution is -2.43. The maximum Gasteiger partial charge on any atom is 0.227 e. The molecule has 1 aliphatic rings. The minimum Gasteiger partial charge on any atom is -0.383 e. The van der Waals surface area contributed by atoms with Crippen molar-refractivity contribution >= 4 is 5.91 Å². The lowest BCUT2D eigenvalue weighted by atomic mass is 10.1. The highest BCUT2D eigenvalue weighted by atomic mass is 16.5. The standard InChI is InChI=1S/C14H29N3O2/c1-4-16(5-2)8-9-17(10-11-19-3)14(18)13-6-7-15-12-13/h13,15H,4-12H2,1-3H3. The molecule has 0 aliphatic carbocycles. The van der Waals surface area contributed by atoms with Gasteiger partial charge in [-0.25, -0.2) is 0 Å². The Bertz CT molecular complexity index is 251. The quantitative estimate of drug-likeness (QED) is 0.660. The van der Waals surface area contributed by atoms with Gasteiger partial charge in [-0.05, 0) is 26.1 Å². The van der Waals surface area contributed by atoms with E-state index in [0.29, 0.717) is 13.2 Å². The molecule has 0 spiro atoms. The van der Waals surface area contributed by atoms with E-state index in [2.05, 4.69) is 24.1 Å². The third-order valence-corrected chi connectivity index (χ3v) is 3.87. The van der Waals surface area contributed by atoms with Crippen molar-refractivity contribution < 1.29 is 9.53 Å². The number of ether oxygens (including phenoxy) is 1. The van der Waals surface area contributed by atoms with Crippen molar-refractivity contribution in [2.45, 2.75) is 20.3 Å². The van der Waals surface area contributed by atoms with Gasteiger partial charge in [-0.2, -0.15) is 0 Å². The largest absolute Gasteiger partial charge is 0.383 e. The van der Waals surface area contributed by atoms with Crippen LogP contribution in [0.2, 0.25) is 0 Å². The number of hydrogen-bond donors (Lipinski definition) is 1. The number of hydrogen-bond acceptors (Lipinski definition) is 4. The lowest BCUT2D eigenvalue weighted by molar-refractivity contribution is -0.135. The maximum absolute atomic E-state index is 12.5. The number of carbonyl (C=O) groups excluding carboxylic acids is 1. The Balaban J connectivity index is 2.47. The molecule has 1 N–H and O–H groups in total. The SMILES string of the molecule is CCN(CC)CCN(CCOC)C(=O)C1CCNC1. The van der Waals surface area contributed by atoms with Gasteiger partial charge in [-0.15, -0.1) is 0 Å². The molecule has 0 aromatic rings. The Labute approximate surface area is 117 Å². The second kappa shape index (κ2) is 9.28. The normalized spacial score (nSPS) is 19.1. The van der Waals surface area contributed by atoms with Crippen LogP contribution in [-0.4, -0.2) is 75.2 Å². The van der Waals surface area contributed by atoms with Crippen LogP contribution in [0.3, 0.4) is 0 Å². The summed E-state index contributed by atoms with van der Waals surface area (Å²) in [5.74, 6) is 0.447. The van der Waals surface area contributed by atoms with Gasteiger partial charge < -0.3 is 19.9 Å². The fraction of sp³-hybridized carbons (Fsp3) is 0.929. The molecule has 1 amide bonds. The highest BCUT2D eigenvalue weighted by Crippen LogP contribution is 2.11. The summed E-state index contributed by atoms with van der Waals surface area (Å²) in [6.07, 6.45) is 0.966. The van der Waals surface area contributed by atoms with E-state index in [1.54, 1.807) is 7.11 Å². The number of likely N-dealkylation sites (N-methyl/N-ethyl adjacent to an activating group) is 1. The average molecular weight is 271 g/mol. The third kappa shape index (κ3) is 5.47. The Morgan fingerprint density at radius 1 is 1.26 bits per heavy atom. The summed E-state index contributed by atoms with van der Waals surface area (Å²) in [7, 11) is 1.68. The van der Waals surface area contributed by atoms with E-state index in [9.17, 15) is 4.79 Å². The molecular weight excluding hydrogens is 242 g/mol. The smallest absolute Gasteiger partial charge is 0.227 e. The number of rotatable bonds is 9. The van der Waals surface area contributed by atoms with Crippen molar-refractivity contribution in [3.63, 3.8) is 0 Å². The van der Waals surface area contributed by atoms with E-state index in [-0.39, 0.29) is 11.8 Å². The minimum absolute atomic E-state index is 0.161. The number of methoxy groups -OCH3 is 1. The van der Waals surface area contributed by atoms with Crippen LogP contribution in [0.1, 0.15) is 20.3 Å². The first-order chi connectivity index (χ1) is 9.22. The number of nitrogens with one attached hydrogen (secondary N) is 1. The van der Waals surface area contributed by atoms with E-state index in [1.807, 2.05) is 4.90 Å². The number of carbonyl (C=O) groups is 1. The Morgan fingerprint density at radius 2 is 2.00 bits per heavy atom. The molecule has 1 heterocycles.